The summed E-state index contributed by atoms with van der Waals surface area (Å²) in [5.41, 5.74) is 2.07. The van der Waals surface area contributed by atoms with E-state index < -0.39 is 15.3 Å². The molecule has 0 N–H and O–H groups in total. The molecule has 1 saturated heterocycles. The third-order valence-electron chi connectivity index (χ3n) is 5.06. The second-order valence-electron chi connectivity index (χ2n) is 6.79. The van der Waals surface area contributed by atoms with Gasteiger partial charge >= 0.3 is 0 Å². The number of piperidine rings is 1. The monoisotopic (exact) mass is 375 g/mol. The lowest BCUT2D eigenvalue weighted by molar-refractivity contribution is 0.0721. The van der Waals surface area contributed by atoms with Gasteiger partial charge < -0.3 is 4.90 Å². The molecule has 2 aliphatic rings. The molecule has 0 aliphatic carbocycles. The van der Waals surface area contributed by atoms with Crippen LogP contribution in [0.25, 0.3) is 0 Å². The molecule has 1 atom stereocenters. The van der Waals surface area contributed by atoms with Crippen LogP contribution in [0.15, 0.2) is 30.5 Å². The molecule has 1 fully saturated rings. The molecule has 2 aliphatic heterocycles. The quantitative estimate of drug-likeness (QED) is 0.792. The van der Waals surface area contributed by atoms with Crippen LogP contribution in [0, 0.1) is 0 Å². The summed E-state index contributed by atoms with van der Waals surface area (Å²) in [7, 11) is -1.83. The Morgan fingerprint density at radius 2 is 2.04 bits per heavy atom. The lowest BCUT2D eigenvalue weighted by Crippen LogP contribution is -2.49. The van der Waals surface area contributed by atoms with Crippen LogP contribution >= 0.6 is 0 Å². The molecule has 0 bridgehead atoms. The molecular formula is C17H21N5O3S. The average molecular weight is 375 g/mol. The summed E-state index contributed by atoms with van der Waals surface area (Å²) in [6, 6.07) is 7.61. The predicted octanol–water partition coefficient (Wildman–Crippen LogP) is 0.812. The highest BCUT2D eigenvalue weighted by Gasteiger charge is 2.39. The molecule has 138 valence electrons. The van der Waals surface area contributed by atoms with Crippen molar-refractivity contribution in [3.63, 3.8) is 0 Å². The largest absolute Gasteiger partial charge is 0.336 e. The van der Waals surface area contributed by atoms with Gasteiger partial charge in [0.15, 0.2) is 5.69 Å². The van der Waals surface area contributed by atoms with Crippen LogP contribution in [0.2, 0.25) is 0 Å². The Bertz CT molecular complexity index is 939. The van der Waals surface area contributed by atoms with Crippen LogP contribution < -0.4 is 4.31 Å². The second kappa shape index (κ2) is 6.39. The van der Waals surface area contributed by atoms with Crippen molar-refractivity contribution in [1.82, 2.24) is 19.9 Å². The molecular weight excluding hydrogens is 354 g/mol. The lowest BCUT2D eigenvalue weighted by atomic mass is 10.1. The number of benzene rings is 1. The van der Waals surface area contributed by atoms with Crippen molar-refractivity contribution in [3.8, 4) is 0 Å². The van der Waals surface area contributed by atoms with Crippen LogP contribution in [0.5, 0.6) is 0 Å². The summed E-state index contributed by atoms with van der Waals surface area (Å²) in [4.78, 5) is 14.2. The van der Waals surface area contributed by atoms with E-state index in [1.807, 2.05) is 24.3 Å². The molecule has 0 radical (unpaired) electrons. The molecule has 1 unspecified atom stereocenters. The van der Waals surface area contributed by atoms with Gasteiger partial charge in [-0.25, -0.2) is 8.42 Å². The van der Waals surface area contributed by atoms with Gasteiger partial charge in [0.2, 0.25) is 10.0 Å². The van der Waals surface area contributed by atoms with E-state index in [1.165, 1.54) is 8.99 Å². The van der Waals surface area contributed by atoms with E-state index >= 15 is 0 Å². The van der Waals surface area contributed by atoms with E-state index in [0.29, 0.717) is 25.9 Å². The zero-order chi connectivity index (χ0) is 18.3. The first-order valence-electron chi connectivity index (χ1n) is 8.72. The second-order valence-corrected chi connectivity index (χ2v) is 8.93. The van der Waals surface area contributed by atoms with Gasteiger partial charge in [-0.05, 0) is 30.9 Å². The average Bonchev–Trinajstić information content (AvgIpc) is 3.28. The van der Waals surface area contributed by atoms with Crippen molar-refractivity contribution in [2.45, 2.75) is 24.5 Å². The molecule has 1 amide bonds. The topological polar surface area (TPSA) is 88.4 Å². The fraction of sp³-hybridized carbons (Fsp3) is 0.471. The third-order valence-corrected chi connectivity index (χ3v) is 7.28. The van der Waals surface area contributed by atoms with E-state index in [4.69, 9.17) is 0 Å². The maximum atomic E-state index is 13.2. The number of rotatable bonds is 3. The van der Waals surface area contributed by atoms with E-state index in [9.17, 15) is 13.2 Å². The van der Waals surface area contributed by atoms with Crippen LogP contribution in [0.3, 0.4) is 0 Å². The zero-order valence-corrected chi connectivity index (χ0v) is 15.4. The number of para-hydroxylation sites is 1. The van der Waals surface area contributed by atoms with Crippen LogP contribution in [-0.2, 0) is 23.5 Å². The number of carbonyl (C=O) groups excluding carboxylic acids is 1. The van der Waals surface area contributed by atoms with Crippen LogP contribution in [0.4, 0.5) is 5.69 Å². The first-order chi connectivity index (χ1) is 12.5. The van der Waals surface area contributed by atoms with Crippen molar-refractivity contribution < 1.29 is 13.2 Å². The van der Waals surface area contributed by atoms with Gasteiger partial charge in [0, 0.05) is 26.7 Å². The molecule has 2 aromatic rings. The van der Waals surface area contributed by atoms with Crippen LogP contribution in [0.1, 0.15) is 28.9 Å². The van der Waals surface area contributed by atoms with Gasteiger partial charge in [0.1, 0.15) is 0 Å². The summed E-state index contributed by atoms with van der Waals surface area (Å²) >= 11 is 0. The zero-order valence-electron chi connectivity index (χ0n) is 14.6. The fourth-order valence-corrected chi connectivity index (χ4v) is 5.72. The highest BCUT2D eigenvalue weighted by atomic mass is 32.2. The van der Waals surface area contributed by atoms with Crippen molar-refractivity contribution in [2.24, 2.45) is 7.05 Å². The molecule has 3 heterocycles. The SMILES string of the molecule is Cn1cc(C(=O)N2CCCC(S(=O)(=O)N3CCc4ccccc43)C2)nn1. The number of nitrogens with zero attached hydrogens (tertiary/aromatic N) is 5. The first kappa shape index (κ1) is 17.0. The minimum atomic E-state index is -3.52. The van der Waals surface area contributed by atoms with Gasteiger partial charge in [0.05, 0.1) is 17.1 Å². The minimum absolute atomic E-state index is 0.191. The van der Waals surface area contributed by atoms with Gasteiger partial charge in [0.25, 0.3) is 5.91 Å². The number of carbonyl (C=O) groups is 1. The highest BCUT2D eigenvalue weighted by Crippen LogP contribution is 2.33. The maximum Gasteiger partial charge on any atom is 0.276 e. The minimum Gasteiger partial charge on any atom is -0.336 e. The lowest BCUT2D eigenvalue weighted by Gasteiger charge is -2.34. The Balaban J connectivity index is 1.55. The van der Waals surface area contributed by atoms with Crippen molar-refractivity contribution in [3.05, 3.63) is 41.7 Å². The maximum absolute atomic E-state index is 13.2. The normalized spacial score (nSPS) is 20.3. The Kier molecular flexibility index (Phi) is 4.18. The number of aryl methyl sites for hydroxylation is 1. The third kappa shape index (κ3) is 2.86. The highest BCUT2D eigenvalue weighted by molar-refractivity contribution is 7.93. The number of aromatic nitrogens is 3. The van der Waals surface area contributed by atoms with Gasteiger partial charge in [-0.15, -0.1) is 5.10 Å². The Hall–Kier alpha value is -2.42. The van der Waals surface area contributed by atoms with Crippen molar-refractivity contribution in [1.29, 1.82) is 0 Å². The number of hydrogen-bond acceptors (Lipinski definition) is 5. The molecule has 9 heteroatoms. The Morgan fingerprint density at radius 3 is 2.81 bits per heavy atom. The number of hydrogen-bond donors (Lipinski definition) is 0. The number of fused-ring (bicyclic) bond motifs is 1. The summed E-state index contributed by atoms with van der Waals surface area (Å²) in [5, 5.41) is 7.03. The smallest absolute Gasteiger partial charge is 0.276 e. The molecule has 1 aromatic heterocycles. The standard InChI is InChI=1S/C17H21N5O3S/c1-20-12-15(18-19-20)17(23)21-9-4-6-14(11-21)26(24,25)22-10-8-13-5-2-3-7-16(13)22/h2-3,5,7,12,14H,4,6,8-11H2,1H3. The summed E-state index contributed by atoms with van der Waals surface area (Å²) in [6.45, 7) is 1.20. The van der Waals surface area contributed by atoms with E-state index in [-0.39, 0.29) is 18.1 Å². The van der Waals surface area contributed by atoms with Crippen molar-refractivity contribution >= 4 is 21.6 Å². The molecule has 26 heavy (non-hydrogen) atoms. The Labute approximate surface area is 152 Å². The molecule has 0 saturated carbocycles. The van der Waals surface area contributed by atoms with Crippen molar-refractivity contribution in [2.75, 3.05) is 23.9 Å². The molecule has 1 aromatic carbocycles. The Morgan fingerprint density at radius 1 is 1.23 bits per heavy atom. The van der Waals surface area contributed by atoms with E-state index in [2.05, 4.69) is 10.3 Å². The fourth-order valence-electron chi connectivity index (χ4n) is 3.73. The summed E-state index contributed by atoms with van der Waals surface area (Å²) in [5.74, 6) is -0.264. The molecule has 0 spiro atoms. The number of amides is 1. The molecule has 8 nitrogen and oxygen atoms in total. The molecule has 4 rings (SSSR count). The summed E-state index contributed by atoms with van der Waals surface area (Å²) in [6.07, 6.45) is 3.50. The number of likely N-dealkylation sites (tertiary alicyclic amines) is 1. The van der Waals surface area contributed by atoms with Gasteiger partial charge in [-0.2, -0.15) is 0 Å². The predicted molar refractivity (Wildman–Crippen MR) is 96.3 cm³/mol. The number of sulfonamides is 1. The summed E-state index contributed by atoms with van der Waals surface area (Å²) < 4.78 is 29.4. The van der Waals surface area contributed by atoms with Gasteiger partial charge in [-0.1, -0.05) is 23.4 Å². The van der Waals surface area contributed by atoms with Gasteiger partial charge in [-0.3, -0.25) is 13.8 Å². The first-order valence-corrected chi connectivity index (χ1v) is 10.2. The van der Waals surface area contributed by atoms with Crippen LogP contribution in [-0.4, -0.2) is 59.1 Å². The van der Waals surface area contributed by atoms with E-state index in [1.54, 1.807) is 18.1 Å². The van der Waals surface area contributed by atoms with E-state index in [0.717, 1.165) is 17.7 Å². The number of anilines is 1.